The van der Waals surface area contributed by atoms with Crippen LogP contribution in [0, 0.1) is 3.57 Å². The van der Waals surface area contributed by atoms with Crippen molar-refractivity contribution in [2.75, 3.05) is 0 Å². The number of carbonyl (C=O) groups is 1. The number of nitrogens with zero attached hydrogens (tertiary/aromatic N) is 1. The quantitative estimate of drug-likeness (QED) is 0.479. The molecule has 0 bridgehead atoms. The van der Waals surface area contributed by atoms with E-state index in [-0.39, 0.29) is 21.1 Å². The minimum atomic E-state index is -4.88. The molecular formula is C8H4F4INO2. The van der Waals surface area contributed by atoms with Crippen LogP contribution >= 0.6 is 22.6 Å². The normalized spacial score (nSPS) is 11.3. The molecule has 0 aliphatic heterocycles. The SMILES string of the molecule is O=Cc1c(CF)ncc(OC(F)(F)F)c1I. The average Bonchev–Trinajstić information content (AvgIpc) is 2.19. The van der Waals surface area contributed by atoms with Crippen molar-refractivity contribution in [3.05, 3.63) is 21.0 Å². The Hall–Kier alpha value is -0.930. The summed E-state index contributed by atoms with van der Waals surface area (Å²) in [6.45, 7) is -1.03. The summed E-state index contributed by atoms with van der Waals surface area (Å²) in [5.74, 6) is -0.618. The maximum absolute atomic E-state index is 12.3. The maximum Gasteiger partial charge on any atom is 0.573 e. The van der Waals surface area contributed by atoms with E-state index in [9.17, 15) is 22.4 Å². The molecule has 0 aliphatic rings. The number of rotatable bonds is 3. The Kier molecular flexibility index (Phi) is 4.05. The van der Waals surface area contributed by atoms with Gasteiger partial charge in [-0.15, -0.1) is 13.2 Å². The lowest BCUT2D eigenvalue weighted by Crippen LogP contribution is -2.18. The van der Waals surface area contributed by atoms with E-state index in [0.717, 1.165) is 6.20 Å². The van der Waals surface area contributed by atoms with E-state index in [1.807, 2.05) is 0 Å². The highest BCUT2D eigenvalue weighted by Crippen LogP contribution is 2.29. The van der Waals surface area contributed by atoms with Gasteiger partial charge in [-0.2, -0.15) is 0 Å². The van der Waals surface area contributed by atoms with Gasteiger partial charge in [0, 0.05) is 0 Å². The molecule has 16 heavy (non-hydrogen) atoms. The highest BCUT2D eigenvalue weighted by Gasteiger charge is 2.32. The van der Waals surface area contributed by atoms with Crippen LogP contribution in [0.25, 0.3) is 0 Å². The number of pyridine rings is 1. The molecule has 88 valence electrons. The molecule has 1 heterocycles. The highest BCUT2D eigenvalue weighted by atomic mass is 127. The Bertz CT molecular complexity index is 408. The first-order valence-electron chi connectivity index (χ1n) is 3.83. The van der Waals surface area contributed by atoms with E-state index < -0.39 is 18.8 Å². The maximum atomic E-state index is 12.3. The monoisotopic (exact) mass is 349 g/mol. The zero-order chi connectivity index (χ0) is 12.3. The summed E-state index contributed by atoms with van der Waals surface area (Å²) >= 11 is 1.47. The van der Waals surface area contributed by atoms with Crippen LogP contribution in [0.1, 0.15) is 16.1 Å². The lowest BCUT2D eigenvalue weighted by molar-refractivity contribution is -0.275. The second-order valence-corrected chi connectivity index (χ2v) is 3.67. The molecule has 0 aromatic carbocycles. The average molecular weight is 349 g/mol. The van der Waals surface area contributed by atoms with Crippen LogP contribution in [0.4, 0.5) is 17.6 Å². The third kappa shape index (κ3) is 3.03. The molecule has 0 unspecified atom stereocenters. The predicted octanol–water partition coefficient (Wildman–Crippen LogP) is 2.87. The van der Waals surface area contributed by atoms with Crippen molar-refractivity contribution in [3.8, 4) is 5.75 Å². The number of ether oxygens (including phenoxy) is 1. The van der Waals surface area contributed by atoms with Gasteiger partial charge in [0.05, 0.1) is 21.0 Å². The summed E-state index contributed by atoms with van der Waals surface area (Å²) in [5.41, 5.74) is -0.446. The molecular weight excluding hydrogens is 345 g/mol. The van der Waals surface area contributed by atoms with Crippen molar-refractivity contribution >= 4 is 28.9 Å². The van der Waals surface area contributed by atoms with Gasteiger partial charge in [-0.25, -0.2) is 4.39 Å². The minimum Gasteiger partial charge on any atom is -0.403 e. The van der Waals surface area contributed by atoms with E-state index in [0.29, 0.717) is 0 Å². The van der Waals surface area contributed by atoms with Gasteiger partial charge in [-0.05, 0) is 22.6 Å². The summed E-state index contributed by atoms with van der Waals surface area (Å²) in [7, 11) is 0. The molecule has 0 spiro atoms. The van der Waals surface area contributed by atoms with Crippen LogP contribution in [0.15, 0.2) is 6.20 Å². The van der Waals surface area contributed by atoms with Gasteiger partial charge in [0.25, 0.3) is 0 Å². The van der Waals surface area contributed by atoms with Crippen molar-refractivity contribution in [1.29, 1.82) is 0 Å². The molecule has 1 aromatic heterocycles. The molecule has 0 saturated carbocycles. The fourth-order valence-electron chi connectivity index (χ4n) is 0.944. The minimum absolute atomic E-state index is 0.118. The molecule has 1 rings (SSSR count). The summed E-state index contributed by atoms with van der Waals surface area (Å²) in [4.78, 5) is 14.0. The standard InChI is InChI=1S/C8H4F4INO2/c9-1-5-4(3-15)7(13)6(2-14-5)16-8(10,11)12/h2-3H,1H2. The van der Waals surface area contributed by atoms with Crippen molar-refractivity contribution in [3.63, 3.8) is 0 Å². The van der Waals surface area contributed by atoms with Crippen LogP contribution in [-0.4, -0.2) is 17.6 Å². The summed E-state index contributed by atoms with van der Waals surface area (Å²) in [6, 6.07) is 0. The molecule has 1 aromatic rings. The largest absolute Gasteiger partial charge is 0.573 e. The van der Waals surface area contributed by atoms with E-state index >= 15 is 0 Å². The van der Waals surface area contributed by atoms with Crippen LogP contribution in [0.2, 0.25) is 0 Å². The van der Waals surface area contributed by atoms with E-state index in [1.54, 1.807) is 0 Å². The van der Waals surface area contributed by atoms with Crippen molar-refractivity contribution in [1.82, 2.24) is 4.98 Å². The Balaban J connectivity index is 3.19. The molecule has 0 amide bonds. The van der Waals surface area contributed by atoms with Gasteiger partial charge in [0.15, 0.2) is 12.0 Å². The van der Waals surface area contributed by atoms with Gasteiger partial charge >= 0.3 is 6.36 Å². The lowest BCUT2D eigenvalue weighted by atomic mass is 10.2. The Morgan fingerprint density at radius 2 is 2.12 bits per heavy atom. The molecule has 0 atom stereocenters. The first-order chi connectivity index (χ1) is 7.39. The molecule has 8 heteroatoms. The van der Waals surface area contributed by atoms with E-state index in [4.69, 9.17) is 0 Å². The van der Waals surface area contributed by atoms with E-state index in [2.05, 4.69) is 9.72 Å². The lowest BCUT2D eigenvalue weighted by Gasteiger charge is -2.12. The number of halogens is 5. The molecule has 0 saturated heterocycles. The first-order valence-corrected chi connectivity index (χ1v) is 4.91. The molecule has 0 fully saturated rings. The third-order valence-electron chi connectivity index (χ3n) is 1.57. The summed E-state index contributed by atoms with van der Waals surface area (Å²) in [6.07, 6.45) is -3.90. The van der Waals surface area contributed by atoms with Gasteiger partial charge in [-0.3, -0.25) is 9.78 Å². The fourth-order valence-corrected chi connectivity index (χ4v) is 1.63. The predicted molar refractivity (Wildman–Crippen MR) is 53.8 cm³/mol. The van der Waals surface area contributed by atoms with Crippen molar-refractivity contribution < 1.29 is 27.1 Å². The second-order valence-electron chi connectivity index (χ2n) is 2.60. The van der Waals surface area contributed by atoms with Gasteiger partial charge in [-0.1, -0.05) is 0 Å². The van der Waals surface area contributed by atoms with Crippen LogP contribution < -0.4 is 4.74 Å². The first kappa shape index (κ1) is 13.1. The molecule has 3 nitrogen and oxygen atoms in total. The van der Waals surface area contributed by atoms with Crippen molar-refractivity contribution in [2.45, 2.75) is 13.0 Å². The van der Waals surface area contributed by atoms with Crippen LogP contribution in [-0.2, 0) is 6.67 Å². The van der Waals surface area contributed by atoms with Gasteiger partial charge < -0.3 is 4.74 Å². The zero-order valence-electron chi connectivity index (χ0n) is 7.52. The highest BCUT2D eigenvalue weighted by molar-refractivity contribution is 14.1. The van der Waals surface area contributed by atoms with Crippen LogP contribution in [0.3, 0.4) is 0 Å². The number of hydrogen-bond acceptors (Lipinski definition) is 3. The van der Waals surface area contributed by atoms with Crippen molar-refractivity contribution in [2.24, 2.45) is 0 Å². The third-order valence-corrected chi connectivity index (χ3v) is 2.68. The van der Waals surface area contributed by atoms with E-state index in [1.165, 1.54) is 22.6 Å². The number of alkyl halides is 4. The number of aromatic nitrogens is 1. The summed E-state index contributed by atoms with van der Waals surface area (Å²) in [5, 5.41) is 0. The Morgan fingerprint density at radius 3 is 2.56 bits per heavy atom. The summed E-state index contributed by atoms with van der Waals surface area (Å²) < 4.78 is 51.6. The fraction of sp³-hybridized carbons (Fsp3) is 0.250. The second kappa shape index (κ2) is 4.93. The number of aldehydes is 1. The smallest absolute Gasteiger partial charge is 0.403 e. The molecule has 0 N–H and O–H groups in total. The molecule has 0 aliphatic carbocycles. The zero-order valence-corrected chi connectivity index (χ0v) is 9.67. The van der Waals surface area contributed by atoms with Gasteiger partial charge in [0.1, 0.15) is 6.67 Å². The topological polar surface area (TPSA) is 39.2 Å². The van der Waals surface area contributed by atoms with Crippen LogP contribution in [0.5, 0.6) is 5.75 Å². The number of hydrogen-bond donors (Lipinski definition) is 0. The van der Waals surface area contributed by atoms with Gasteiger partial charge in [0.2, 0.25) is 0 Å². The number of carbonyl (C=O) groups excluding carboxylic acids is 1. The molecule has 0 radical (unpaired) electrons. The Morgan fingerprint density at radius 1 is 1.50 bits per heavy atom. The Labute approximate surface area is 101 Å².